The van der Waals surface area contributed by atoms with E-state index in [-0.39, 0.29) is 24.0 Å². The predicted molar refractivity (Wildman–Crippen MR) is 103 cm³/mol. The van der Waals surface area contributed by atoms with E-state index in [9.17, 15) is 0 Å². The summed E-state index contributed by atoms with van der Waals surface area (Å²) in [5, 5.41) is 10.5. The lowest BCUT2D eigenvalue weighted by atomic mass is 9.84. The summed E-state index contributed by atoms with van der Waals surface area (Å²) >= 11 is 0. The molecule has 1 aromatic heterocycles. The summed E-state index contributed by atoms with van der Waals surface area (Å²) in [4.78, 5) is 9.01. The van der Waals surface area contributed by atoms with Crippen LogP contribution in [-0.2, 0) is 6.42 Å². The fraction of sp³-hybridized carbons (Fsp3) is 0.812. The third-order valence-electron chi connectivity index (χ3n) is 4.53. The molecule has 132 valence electrons. The zero-order chi connectivity index (χ0) is 15.8. The summed E-state index contributed by atoms with van der Waals surface area (Å²) in [5.41, 5.74) is 0.423. The maximum absolute atomic E-state index is 5.12. The fourth-order valence-electron chi connectivity index (χ4n) is 3.07. The molecular formula is C16H30IN5O. The molecule has 1 aliphatic carbocycles. The highest BCUT2D eigenvalue weighted by molar-refractivity contribution is 14.0. The van der Waals surface area contributed by atoms with E-state index in [1.807, 2.05) is 6.92 Å². The number of hydrogen-bond donors (Lipinski definition) is 2. The molecule has 1 heterocycles. The van der Waals surface area contributed by atoms with E-state index in [0.29, 0.717) is 23.6 Å². The zero-order valence-electron chi connectivity index (χ0n) is 14.5. The third kappa shape index (κ3) is 6.27. The number of hydrogen-bond acceptors (Lipinski definition) is 4. The quantitative estimate of drug-likeness (QED) is 0.391. The predicted octanol–water partition coefficient (Wildman–Crippen LogP) is 3.06. The van der Waals surface area contributed by atoms with Crippen LogP contribution < -0.4 is 10.6 Å². The van der Waals surface area contributed by atoms with Crippen molar-refractivity contribution in [2.45, 2.75) is 59.3 Å². The Morgan fingerprint density at radius 1 is 1.26 bits per heavy atom. The van der Waals surface area contributed by atoms with Crippen LogP contribution >= 0.6 is 24.0 Å². The van der Waals surface area contributed by atoms with Crippen LogP contribution in [0.4, 0.5) is 0 Å². The molecule has 0 aromatic carbocycles. The Kier molecular flexibility index (Phi) is 8.86. The average Bonchev–Trinajstić information content (AvgIpc) is 3.15. The number of halogens is 1. The number of aromatic nitrogens is 2. The Labute approximate surface area is 156 Å². The molecule has 0 amide bonds. The first-order valence-corrected chi connectivity index (χ1v) is 8.49. The van der Waals surface area contributed by atoms with Crippen LogP contribution in [-0.4, -0.2) is 35.7 Å². The van der Waals surface area contributed by atoms with Crippen LogP contribution in [0, 0.1) is 12.3 Å². The molecule has 6 nitrogen and oxygen atoms in total. The lowest BCUT2D eigenvalue weighted by Gasteiger charge is -2.25. The smallest absolute Gasteiger partial charge is 0.228 e. The van der Waals surface area contributed by atoms with Crippen molar-refractivity contribution in [1.82, 2.24) is 20.8 Å². The summed E-state index contributed by atoms with van der Waals surface area (Å²) in [6.07, 6.45) is 7.26. The van der Waals surface area contributed by atoms with Gasteiger partial charge in [-0.3, -0.25) is 4.99 Å². The van der Waals surface area contributed by atoms with Crippen molar-refractivity contribution < 1.29 is 4.52 Å². The zero-order valence-corrected chi connectivity index (χ0v) is 16.9. The molecule has 2 rings (SSSR count). The second-order valence-corrected chi connectivity index (χ2v) is 6.17. The number of guanidine groups is 1. The molecule has 1 saturated carbocycles. The van der Waals surface area contributed by atoms with Crippen LogP contribution in [0.3, 0.4) is 0 Å². The van der Waals surface area contributed by atoms with Gasteiger partial charge in [0.05, 0.1) is 0 Å². The van der Waals surface area contributed by atoms with E-state index in [0.717, 1.165) is 25.6 Å². The van der Waals surface area contributed by atoms with Gasteiger partial charge >= 0.3 is 0 Å². The summed E-state index contributed by atoms with van der Waals surface area (Å²) in [5.74, 6) is 2.24. The molecule has 23 heavy (non-hydrogen) atoms. The fourth-order valence-corrected chi connectivity index (χ4v) is 3.07. The van der Waals surface area contributed by atoms with E-state index in [1.165, 1.54) is 32.1 Å². The van der Waals surface area contributed by atoms with Gasteiger partial charge in [-0.25, -0.2) is 0 Å². The Hall–Kier alpha value is -0.860. The Balaban J connectivity index is 0.00000264. The highest BCUT2D eigenvalue weighted by Gasteiger charge is 2.31. The standard InChI is InChI=1S/C16H29N5O.HI/c1-4-16(9-6-7-10-16)12-19-15(17-5-2)18-11-8-14-20-13(3)21-22-14;/h4-12H2,1-3H3,(H2,17,18,19);1H. The SMILES string of the molecule is CCNC(=NCC1(CC)CCCC1)NCCc1nc(C)no1.I. The van der Waals surface area contributed by atoms with Gasteiger partial charge in [-0.05, 0) is 38.5 Å². The van der Waals surface area contributed by atoms with E-state index in [1.54, 1.807) is 0 Å². The summed E-state index contributed by atoms with van der Waals surface area (Å²) in [6, 6.07) is 0. The van der Waals surface area contributed by atoms with Crippen molar-refractivity contribution in [1.29, 1.82) is 0 Å². The van der Waals surface area contributed by atoms with Gasteiger partial charge in [-0.15, -0.1) is 24.0 Å². The number of aryl methyl sites for hydroxylation is 1. The molecule has 1 aliphatic rings. The molecule has 0 atom stereocenters. The number of aliphatic imine (C=N–C) groups is 1. The van der Waals surface area contributed by atoms with Gasteiger partial charge < -0.3 is 15.2 Å². The Bertz CT molecular complexity index is 483. The van der Waals surface area contributed by atoms with Gasteiger partial charge in [0.15, 0.2) is 11.8 Å². The monoisotopic (exact) mass is 435 g/mol. The molecular weight excluding hydrogens is 405 g/mol. The molecule has 2 N–H and O–H groups in total. The molecule has 0 spiro atoms. The second kappa shape index (κ2) is 10.1. The highest BCUT2D eigenvalue weighted by atomic mass is 127. The maximum atomic E-state index is 5.12. The Morgan fingerprint density at radius 3 is 2.57 bits per heavy atom. The highest BCUT2D eigenvalue weighted by Crippen LogP contribution is 2.41. The number of nitrogens with one attached hydrogen (secondary N) is 2. The van der Waals surface area contributed by atoms with Crippen molar-refractivity contribution >= 4 is 29.9 Å². The van der Waals surface area contributed by atoms with Crippen molar-refractivity contribution in [3.8, 4) is 0 Å². The Morgan fingerprint density at radius 2 is 2.00 bits per heavy atom. The molecule has 0 unspecified atom stereocenters. The van der Waals surface area contributed by atoms with Crippen LogP contribution in [0.1, 0.15) is 57.7 Å². The first-order valence-electron chi connectivity index (χ1n) is 8.49. The van der Waals surface area contributed by atoms with Gasteiger partial charge in [-0.1, -0.05) is 24.9 Å². The van der Waals surface area contributed by atoms with Crippen molar-refractivity contribution in [3.05, 3.63) is 11.7 Å². The lowest BCUT2D eigenvalue weighted by molar-refractivity contribution is 0.297. The normalized spacial score (nSPS) is 16.9. The maximum Gasteiger partial charge on any atom is 0.228 e. The second-order valence-electron chi connectivity index (χ2n) is 6.17. The minimum atomic E-state index is 0. The minimum Gasteiger partial charge on any atom is -0.357 e. The van der Waals surface area contributed by atoms with E-state index in [4.69, 9.17) is 9.52 Å². The first-order chi connectivity index (χ1) is 10.7. The summed E-state index contributed by atoms with van der Waals surface area (Å²) < 4.78 is 5.12. The molecule has 1 fully saturated rings. The topological polar surface area (TPSA) is 75.3 Å². The van der Waals surface area contributed by atoms with Crippen molar-refractivity contribution in [2.24, 2.45) is 10.4 Å². The molecule has 0 saturated heterocycles. The first kappa shape index (κ1) is 20.2. The summed E-state index contributed by atoms with van der Waals surface area (Å²) in [6.45, 7) is 8.73. The largest absolute Gasteiger partial charge is 0.357 e. The summed E-state index contributed by atoms with van der Waals surface area (Å²) in [7, 11) is 0. The van der Waals surface area contributed by atoms with E-state index < -0.39 is 0 Å². The van der Waals surface area contributed by atoms with Gasteiger partial charge in [-0.2, -0.15) is 4.98 Å². The van der Waals surface area contributed by atoms with Gasteiger partial charge in [0.1, 0.15) is 0 Å². The van der Waals surface area contributed by atoms with Crippen LogP contribution in [0.2, 0.25) is 0 Å². The van der Waals surface area contributed by atoms with Crippen molar-refractivity contribution in [3.63, 3.8) is 0 Å². The molecule has 0 bridgehead atoms. The molecule has 0 radical (unpaired) electrons. The molecule has 1 aromatic rings. The van der Waals surface area contributed by atoms with Gasteiger partial charge in [0.2, 0.25) is 5.89 Å². The van der Waals surface area contributed by atoms with E-state index in [2.05, 4.69) is 34.6 Å². The van der Waals surface area contributed by atoms with Crippen LogP contribution in [0.5, 0.6) is 0 Å². The number of rotatable bonds is 7. The minimum absolute atomic E-state index is 0. The molecule has 0 aliphatic heterocycles. The third-order valence-corrected chi connectivity index (χ3v) is 4.53. The lowest BCUT2D eigenvalue weighted by Crippen LogP contribution is -2.39. The van der Waals surface area contributed by atoms with Crippen LogP contribution in [0.25, 0.3) is 0 Å². The van der Waals surface area contributed by atoms with Crippen molar-refractivity contribution in [2.75, 3.05) is 19.6 Å². The average molecular weight is 435 g/mol. The molecule has 7 heteroatoms. The van der Waals surface area contributed by atoms with Crippen LogP contribution in [0.15, 0.2) is 9.52 Å². The van der Waals surface area contributed by atoms with Gasteiger partial charge in [0, 0.05) is 26.1 Å². The number of nitrogens with zero attached hydrogens (tertiary/aromatic N) is 3. The van der Waals surface area contributed by atoms with Gasteiger partial charge in [0.25, 0.3) is 0 Å². The van der Waals surface area contributed by atoms with E-state index >= 15 is 0 Å².